The fourth-order valence-electron chi connectivity index (χ4n) is 5.55. The maximum absolute atomic E-state index is 9.50. The zero-order chi connectivity index (χ0) is 25.6. The van der Waals surface area contributed by atoms with Gasteiger partial charge in [-0.1, -0.05) is 79.2 Å². The second kappa shape index (κ2) is 9.02. The Kier molecular flexibility index (Phi) is 5.35. The van der Waals surface area contributed by atoms with Crippen LogP contribution in [0.1, 0.15) is 18.9 Å². The molecule has 4 nitrogen and oxygen atoms in total. The molecule has 38 heavy (non-hydrogen) atoms. The molecule has 3 heterocycles. The normalized spacial score (nSPS) is 11.6. The molecule has 0 saturated heterocycles. The molecule has 0 amide bonds. The molecule has 4 aromatic carbocycles. The van der Waals surface area contributed by atoms with Crippen LogP contribution < -0.4 is 5.19 Å². The molecule has 0 bridgehead atoms. The Bertz CT molecular complexity index is 2040. The van der Waals surface area contributed by atoms with Crippen molar-refractivity contribution in [2.75, 3.05) is 0 Å². The molecule has 0 aliphatic heterocycles. The Labute approximate surface area is 223 Å². The summed E-state index contributed by atoms with van der Waals surface area (Å²) >= 11 is 0. The van der Waals surface area contributed by atoms with Gasteiger partial charge in [0.1, 0.15) is 11.6 Å². The van der Waals surface area contributed by atoms with E-state index >= 15 is 0 Å². The SMILES string of the molecule is CCC[Si]c1ccc2c(c1)c1ccccc1n2-c1cccc(-n2c3ccccc3c3cc(C#N)ccc32)n1. The summed E-state index contributed by atoms with van der Waals surface area (Å²) in [5, 5.41) is 15.6. The van der Waals surface area contributed by atoms with Crippen molar-refractivity contribution in [2.45, 2.75) is 19.4 Å². The maximum atomic E-state index is 9.50. The Morgan fingerprint density at radius 1 is 0.658 bits per heavy atom. The molecule has 0 fully saturated rings. The van der Waals surface area contributed by atoms with Crippen LogP contribution in [0, 0.1) is 11.3 Å². The lowest BCUT2D eigenvalue weighted by molar-refractivity contribution is 1.01. The standard InChI is InChI=1S/C33H24N4Si/c1-2-18-38-23-15-17-31-27(20-23)25-9-4-6-11-29(25)37(31)33-13-7-12-32(35-33)36-28-10-5-3-8-24(28)26-19-22(21-34)14-16-30(26)36/h3-17,19-20H,2,18H2,1H3. The highest BCUT2D eigenvalue weighted by Gasteiger charge is 2.17. The van der Waals surface area contributed by atoms with Gasteiger partial charge in [-0.2, -0.15) is 5.26 Å². The van der Waals surface area contributed by atoms with Crippen molar-refractivity contribution in [1.29, 1.82) is 5.26 Å². The molecular weight excluding hydrogens is 480 g/mol. The highest BCUT2D eigenvalue weighted by atomic mass is 28.2. The highest BCUT2D eigenvalue weighted by Crippen LogP contribution is 2.34. The molecule has 180 valence electrons. The van der Waals surface area contributed by atoms with Crippen molar-refractivity contribution < 1.29 is 0 Å². The van der Waals surface area contributed by atoms with Gasteiger partial charge in [0.2, 0.25) is 0 Å². The number of benzene rings is 4. The van der Waals surface area contributed by atoms with Gasteiger partial charge >= 0.3 is 0 Å². The lowest BCUT2D eigenvalue weighted by atomic mass is 10.1. The summed E-state index contributed by atoms with van der Waals surface area (Å²) in [7, 11) is 0.829. The zero-order valence-corrected chi connectivity index (χ0v) is 22.0. The Morgan fingerprint density at radius 2 is 1.24 bits per heavy atom. The second-order valence-electron chi connectivity index (χ2n) is 9.56. The van der Waals surface area contributed by atoms with Gasteiger partial charge in [0.05, 0.1) is 43.2 Å². The number of hydrogen-bond donors (Lipinski definition) is 0. The molecule has 3 aromatic heterocycles. The van der Waals surface area contributed by atoms with Crippen molar-refractivity contribution in [3.05, 3.63) is 109 Å². The number of fused-ring (bicyclic) bond motifs is 6. The Morgan fingerprint density at radius 3 is 1.87 bits per heavy atom. The summed E-state index contributed by atoms with van der Waals surface area (Å²) in [4.78, 5) is 5.24. The number of nitriles is 1. The predicted molar refractivity (Wildman–Crippen MR) is 158 cm³/mol. The fourth-order valence-corrected chi connectivity index (χ4v) is 6.54. The van der Waals surface area contributed by atoms with E-state index in [0.29, 0.717) is 5.56 Å². The van der Waals surface area contributed by atoms with Crippen molar-refractivity contribution in [3.8, 4) is 17.7 Å². The van der Waals surface area contributed by atoms with E-state index in [0.717, 1.165) is 48.5 Å². The van der Waals surface area contributed by atoms with Crippen LogP contribution in [0.3, 0.4) is 0 Å². The first-order valence-corrected chi connectivity index (χ1v) is 14.2. The minimum atomic E-state index is 0.659. The van der Waals surface area contributed by atoms with Gasteiger partial charge in [0.25, 0.3) is 0 Å². The van der Waals surface area contributed by atoms with E-state index in [1.54, 1.807) is 0 Å². The van der Waals surface area contributed by atoms with Gasteiger partial charge in [0.15, 0.2) is 0 Å². The van der Waals surface area contributed by atoms with Gasteiger partial charge in [-0.15, -0.1) is 0 Å². The van der Waals surface area contributed by atoms with Crippen LogP contribution in [-0.2, 0) is 0 Å². The van der Waals surface area contributed by atoms with E-state index in [1.807, 2.05) is 24.3 Å². The third kappa shape index (κ3) is 3.46. The topological polar surface area (TPSA) is 46.5 Å². The third-order valence-electron chi connectivity index (χ3n) is 7.23. The summed E-state index contributed by atoms with van der Waals surface area (Å²) in [5.74, 6) is 1.74. The van der Waals surface area contributed by atoms with E-state index in [4.69, 9.17) is 4.98 Å². The number of nitrogens with zero attached hydrogens (tertiary/aromatic N) is 4. The molecule has 0 aliphatic rings. The molecule has 0 saturated carbocycles. The van der Waals surface area contributed by atoms with E-state index < -0.39 is 0 Å². The molecule has 0 N–H and O–H groups in total. The highest BCUT2D eigenvalue weighted by molar-refractivity contribution is 6.53. The average molecular weight is 505 g/mol. The summed E-state index contributed by atoms with van der Waals surface area (Å²) in [6.07, 6.45) is 1.20. The van der Waals surface area contributed by atoms with Crippen molar-refractivity contribution >= 4 is 58.3 Å². The summed E-state index contributed by atoms with van der Waals surface area (Å²) < 4.78 is 4.48. The Balaban J connectivity index is 1.47. The van der Waals surface area contributed by atoms with Gasteiger partial charge in [0, 0.05) is 21.5 Å². The van der Waals surface area contributed by atoms with Gasteiger partial charge < -0.3 is 0 Å². The van der Waals surface area contributed by atoms with Gasteiger partial charge in [-0.05, 0) is 48.5 Å². The van der Waals surface area contributed by atoms with Crippen LogP contribution in [0.5, 0.6) is 0 Å². The predicted octanol–water partition coefficient (Wildman–Crippen LogP) is 7.31. The van der Waals surface area contributed by atoms with Crippen LogP contribution in [0.4, 0.5) is 0 Å². The molecular formula is C33H24N4Si. The second-order valence-corrected chi connectivity index (χ2v) is 11.0. The molecule has 7 rings (SSSR count). The smallest absolute Gasteiger partial charge is 0.140 e. The van der Waals surface area contributed by atoms with E-state index in [-0.39, 0.29) is 0 Å². The van der Waals surface area contributed by atoms with Crippen LogP contribution in [-0.4, -0.2) is 23.6 Å². The molecule has 7 aromatic rings. The van der Waals surface area contributed by atoms with Crippen LogP contribution in [0.25, 0.3) is 55.2 Å². The van der Waals surface area contributed by atoms with Crippen molar-refractivity contribution in [2.24, 2.45) is 0 Å². The van der Waals surface area contributed by atoms with E-state index in [1.165, 1.54) is 33.9 Å². The summed E-state index contributed by atoms with van der Waals surface area (Å²) in [6, 6.07) is 39.5. The lowest BCUT2D eigenvalue weighted by Gasteiger charge is -2.11. The summed E-state index contributed by atoms with van der Waals surface area (Å²) in [5.41, 5.74) is 5.10. The average Bonchev–Trinajstić information content (AvgIpc) is 3.48. The Hall–Kier alpha value is -4.66. The molecule has 0 aliphatic carbocycles. The molecule has 2 radical (unpaired) electrons. The largest absolute Gasteiger partial charge is 0.294 e. The molecule has 0 unspecified atom stereocenters. The third-order valence-corrected chi connectivity index (χ3v) is 8.70. The first kappa shape index (κ1) is 22.5. The quantitative estimate of drug-likeness (QED) is 0.231. The summed E-state index contributed by atoms with van der Waals surface area (Å²) in [6.45, 7) is 2.25. The monoisotopic (exact) mass is 504 g/mol. The molecule has 0 spiro atoms. The van der Waals surface area contributed by atoms with Crippen LogP contribution in [0.15, 0.2) is 103 Å². The molecule has 5 heteroatoms. The number of pyridine rings is 1. The maximum Gasteiger partial charge on any atom is 0.140 e. The number of para-hydroxylation sites is 2. The van der Waals surface area contributed by atoms with Gasteiger partial charge in [-0.25, -0.2) is 4.98 Å². The number of aromatic nitrogens is 3. The van der Waals surface area contributed by atoms with Gasteiger partial charge in [-0.3, -0.25) is 9.13 Å². The van der Waals surface area contributed by atoms with Crippen molar-refractivity contribution in [3.63, 3.8) is 0 Å². The lowest BCUT2D eigenvalue weighted by Crippen LogP contribution is -2.12. The first-order chi connectivity index (χ1) is 18.8. The van der Waals surface area contributed by atoms with Crippen LogP contribution >= 0.6 is 0 Å². The molecule has 0 atom stereocenters. The number of rotatable bonds is 5. The first-order valence-electron chi connectivity index (χ1n) is 12.9. The van der Waals surface area contributed by atoms with Crippen LogP contribution in [0.2, 0.25) is 6.04 Å². The van der Waals surface area contributed by atoms with E-state index in [2.05, 4.69) is 101 Å². The minimum Gasteiger partial charge on any atom is -0.294 e. The van der Waals surface area contributed by atoms with Crippen molar-refractivity contribution in [1.82, 2.24) is 14.1 Å². The number of hydrogen-bond acceptors (Lipinski definition) is 2. The minimum absolute atomic E-state index is 0.659. The zero-order valence-electron chi connectivity index (χ0n) is 21.0. The van der Waals surface area contributed by atoms with E-state index in [9.17, 15) is 5.26 Å². The fraction of sp³-hybridized carbons (Fsp3) is 0.0909.